The highest BCUT2D eigenvalue weighted by Gasteiger charge is 2.26. The van der Waals surface area contributed by atoms with Crippen molar-refractivity contribution < 1.29 is 43.0 Å². The van der Waals surface area contributed by atoms with Gasteiger partial charge in [-0.25, -0.2) is 4.57 Å². The summed E-state index contributed by atoms with van der Waals surface area (Å²) in [5.41, 5.74) is 0. The van der Waals surface area contributed by atoms with Gasteiger partial charge in [0.05, 0.1) is 26.4 Å². The summed E-state index contributed by atoms with van der Waals surface area (Å²) >= 11 is 0. The molecule has 0 radical (unpaired) electrons. The molecule has 3 atom stereocenters. The van der Waals surface area contributed by atoms with Crippen LogP contribution >= 0.6 is 7.82 Å². The summed E-state index contributed by atoms with van der Waals surface area (Å²) in [6.45, 7) is 3.49. The fourth-order valence-corrected chi connectivity index (χ4v) is 6.47. The second kappa shape index (κ2) is 38.7. The molecule has 0 aromatic rings. The topological polar surface area (TPSA) is 132 Å². The molecule has 0 aromatic carbocycles. The van der Waals surface area contributed by atoms with E-state index in [0.29, 0.717) is 6.61 Å². The van der Waals surface area contributed by atoms with Gasteiger partial charge in [-0.05, 0) is 44.9 Å². The number of allylic oxidation sites excluding steroid dienone is 4. The Balaban J connectivity index is 4.16. The van der Waals surface area contributed by atoms with Gasteiger partial charge in [-0.1, -0.05) is 160 Å². The van der Waals surface area contributed by atoms with Crippen LogP contribution in [-0.4, -0.2) is 66.3 Å². The van der Waals surface area contributed by atoms with Crippen molar-refractivity contribution in [2.45, 2.75) is 199 Å². The van der Waals surface area contributed by atoms with Gasteiger partial charge in [0.15, 0.2) is 0 Å². The number of phosphoric ester groups is 1. The first-order valence-electron chi connectivity index (χ1n) is 20.8. The molecule has 0 heterocycles. The SMILES string of the molecule is CCCCC/C=C\C/C=C\CCCCCCCCCCOCC(COP(=O)(O)OCC(O)CO)OC(=O)CCCCCCCCCCCCCC. The summed E-state index contributed by atoms with van der Waals surface area (Å²) in [6, 6.07) is 0. The van der Waals surface area contributed by atoms with Crippen molar-refractivity contribution in [3.63, 3.8) is 0 Å². The lowest BCUT2D eigenvalue weighted by atomic mass is 10.0. The molecule has 0 saturated carbocycles. The molecular weight excluding hydrogens is 667 g/mol. The minimum absolute atomic E-state index is 0.0488. The number of phosphoric acid groups is 1. The number of ether oxygens (including phenoxy) is 2. The van der Waals surface area contributed by atoms with Crippen LogP contribution in [0.15, 0.2) is 24.3 Å². The lowest BCUT2D eigenvalue weighted by molar-refractivity contribution is -0.154. The average molecular weight is 747 g/mol. The zero-order valence-electron chi connectivity index (χ0n) is 32.8. The highest BCUT2D eigenvalue weighted by atomic mass is 31.2. The zero-order chi connectivity index (χ0) is 37.5. The molecule has 302 valence electrons. The Morgan fingerprint density at radius 3 is 1.61 bits per heavy atom. The first-order chi connectivity index (χ1) is 24.8. The average Bonchev–Trinajstić information content (AvgIpc) is 3.12. The van der Waals surface area contributed by atoms with E-state index in [1.165, 1.54) is 116 Å². The van der Waals surface area contributed by atoms with Crippen LogP contribution in [0.5, 0.6) is 0 Å². The van der Waals surface area contributed by atoms with Gasteiger partial charge in [0.2, 0.25) is 0 Å². The van der Waals surface area contributed by atoms with E-state index in [1.807, 2.05) is 0 Å². The van der Waals surface area contributed by atoms with Crippen LogP contribution < -0.4 is 0 Å². The number of hydrogen-bond donors (Lipinski definition) is 3. The molecule has 3 N–H and O–H groups in total. The monoisotopic (exact) mass is 747 g/mol. The number of unbranched alkanes of at least 4 members (excludes halogenated alkanes) is 22. The largest absolute Gasteiger partial charge is 0.472 e. The Bertz CT molecular complexity index is 851. The van der Waals surface area contributed by atoms with E-state index in [4.69, 9.17) is 23.6 Å². The molecule has 0 rings (SSSR count). The van der Waals surface area contributed by atoms with Gasteiger partial charge in [0.25, 0.3) is 0 Å². The number of carbonyl (C=O) groups is 1. The summed E-state index contributed by atoms with van der Waals surface area (Å²) in [7, 11) is -4.51. The molecule has 0 aliphatic carbocycles. The van der Waals surface area contributed by atoms with Crippen LogP contribution in [0, 0.1) is 0 Å². The predicted octanol–water partition coefficient (Wildman–Crippen LogP) is 11.1. The Morgan fingerprint density at radius 1 is 0.608 bits per heavy atom. The van der Waals surface area contributed by atoms with Crippen LogP contribution in [0.25, 0.3) is 0 Å². The van der Waals surface area contributed by atoms with E-state index in [9.17, 15) is 19.4 Å². The number of hydrogen-bond acceptors (Lipinski definition) is 8. The molecular formula is C41H79O9P. The molecule has 0 saturated heterocycles. The van der Waals surface area contributed by atoms with Crippen LogP contribution in [0.1, 0.15) is 187 Å². The number of carbonyl (C=O) groups excluding carboxylic acids is 1. The number of esters is 1. The molecule has 3 unspecified atom stereocenters. The van der Waals surface area contributed by atoms with Crippen molar-refractivity contribution in [2.75, 3.05) is 33.0 Å². The minimum Gasteiger partial charge on any atom is -0.457 e. The quantitative estimate of drug-likeness (QED) is 0.0242. The summed E-state index contributed by atoms with van der Waals surface area (Å²) in [5.74, 6) is -0.384. The Labute approximate surface area is 313 Å². The molecule has 0 amide bonds. The predicted molar refractivity (Wildman–Crippen MR) is 210 cm³/mol. The molecule has 0 aliphatic heterocycles. The Kier molecular flexibility index (Phi) is 37.9. The molecule has 9 nitrogen and oxygen atoms in total. The summed E-state index contributed by atoms with van der Waals surface area (Å²) in [6.07, 6.45) is 38.4. The van der Waals surface area contributed by atoms with Crippen molar-refractivity contribution in [3.8, 4) is 0 Å². The maximum atomic E-state index is 12.6. The lowest BCUT2D eigenvalue weighted by Gasteiger charge is -2.20. The van der Waals surface area contributed by atoms with E-state index in [-0.39, 0.29) is 25.6 Å². The third-order valence-electron chi connectivity index (χ3n) is 8.89. The van der Waals surface area contributed by atoms with Crippen molar-refractivity contribution in [2.24, 2.45) is 0 Å². The van der Waals surface area contributed by atoms with Crippen LogP contribution in [0.2, 0.25) is 0 Å². The summed E-state index contributed by atoms with van der Waals surface area (Å²) in [4.78, 5) is 22.5. The molecule has 0 spiro atoms. The zero-order valence-corrected chi connectivity index (χ0v) is 33.7. The smallest absolute Gasteiger partial charge is 0.457 e. The highest BCUT2D eigenvalue weighted by molar-refractivity contribution is 7.47. The van der Waals surface area contributed by atoms with Gasteiger partial charge < -0.3 is 24.6 Å². The van der Waals surface area contributed by atoms with Crippen molar-refractivity contribution in [3.05, 3.63) is 24.3 Å². The lowest BCUT2D eigenvalue weighted by Crippen LogP contribution is -2.29. The van der Waals surface area contributed by atoms with Crippen LogP contribution in [-0.2, 0) is 27.9 Å². The number of rotatable bonds is 40. The Hall–Kier alpha value is -1.06. The molecule has 51 heavy (non-hydrogen) atoms. The molecule has 0 fully saturated rings. The molecule has 0 bridgehead atoms. The standard InChI is InChI=1S/C41H79O9P/c1-3-5-7-9-11-13-15-17-18-19-20-21-22-24-26-28-30-32-34-47-37-40(38-49-51(45,46)48-36-39(43)35-42)50-41(44)33-31-29-27-25-23-16-14-12-10-8-6-4-2/h11,13,17-18,39-40,42-43H,3-10,12,14-16,19-38H2,1-2H3,(H,45,46)/b13-11-,18-17-. The minimum atomic E-state index is -4.51. The molecule has 0 aromatic heterocycles. The second-order valence-corrected chi connectivity index (χ2v) is 15.5. The van der Waals surface area contributed by atoms with Crippen molar-refractivity contribution in [1.82, 2.24) is 0 Å². The Morgan fingerprint density at radius 2 is 1.06 bits per heavy atom. The van der Waals surface area contributed by atoms with Crippen LogP contribution in [0.3, 0.4) is 0 Å². The van der Waals surface area contributed by atoms with E-state index in [2.05, 4.69) is 38.2 Å². The van der Waals surface area contributed by atoms with Crippen molar-refractivity contribution in [1.29, 1.82) is 0 Å². The third kappa shape index (κ3) is 38.5. The number of aliphatic hydroxyl groups is 2. The van der Waals surface area contributed by atoms with Gasteiger partial charge in [-0.15, -0.1) is 0 Å². The first kappa shape index (κ1) is 49.9. The summed E-state index contributed by atoms with van der Waals surface area (Å²) < 4.78 is 33.3. The molecule has 0 aliphatic rings. The van der Waals surface area contributed by atoms with E-state index in [0.717, 1.165) is 51.4 Å². The highest BCUT2D eigenvalue weighted by Crippen LogP contribution is 2.43. The van der Waals surface area contributed by atoms with Gasteiger partial charge in [-0.2, -0.15) is 0 Å². The van der Waals surface area contributed by atoms with Crippen LogP contribution in [0.4, 0.5) is 0 Å². The molecule has 10 heteroatoms. The maximum absolute atomic E-state index is 12.6. The normalized spacial score (nSPS) is 14.4. The fourth-order valence-electron chi connectivity index (χ4n) is 5.68. The van der Waals surface area contributed by atoms with Gasteiger partial charge in [-0.3, -0.25) is 13.8 Å². The maximum Gasteiger partial charge on any atom is 0.472 e. The fraction of sp³-hybridized carbons (Fsp3) is 0.878. The van der Waals surface area contributed by atoms with Crippen molar-refractivity contribution >= 4 is 13.8 Å². The third-order valence-corrected chi connectivity index (χ3v) is 9.84. The van der Waals surface area contributed by atoms with E-state index >= 15 is 0 Å². The number of aliphatic hydroxyl groups excluding tert-OH is 2. The van der Waals surface area contributed by atoms with Gasteiger partial charge in [0.1, 0.15) is 12.2 Å². The second-order valence-electron chi connectivity index (χ2n) is 14.0. The van der Waals surface area contributed by atoms with E-state index in [1.54, 1.807) is 0 Å². The van der Waals surface area contributed by atoms with Gasteiger partial charge in [0, 0.05) is 13.0 Å². The summed E-state index contributed by atoms with van der Waals surface area (Å²) in [5, 5.41) is 18.3. The van der Waals surface area contributed by atoms with Gasteiger partial charge >= 0.3 is 13.8 Å². The first-order valence-corrected chi connectivity index (χ1v) is 22.3. The van der Waals surface area contributed by atoms with E-state index < -0.39 is 33.2 Å².